The van der Waals surface area contributed by atoms with Crippen molar-refractivity contribution in [3.63, 3.8) is 0 Å². The smallest absolute Gasteiger partial charge is 0.265 e. The molecule has 0 fully saturated rings. The predicted octanol–water partition coefficient (Wildman–Crippen LogP) is 9.03. The van der Waals surface area contributed by atoms with Gasteiger partial charge in [0.2, 0.25) is 5.69 Å². The molecule has 0 spiro atoms. The van der Waals surface area contributed by atoms with Crippen LogP contribution in [-0.2, 0) is 20.9 Å². The molecule has 2 aliphatic rings. The molecule has 0 amide bonds. The summed E-state index contributed by atoms with van der Waals surface area (Å²) in [6.45, 7) is 17.3. The highest BCUT2D eigenvalue weighted by Crippen LogP contribution is 2.53. The molecule has 2 aromatic heterocycles. The van der Waals surface area contributed by atoms with Crippen LogP contribution >= 0.6 is 22.7 Å². The highest BCUT2D eigenvalue weighted by molar-refractivity contribution is 7.85. The molecular weight excluding hydrogens is 593 g/mol. The zero-order chi connectivity index (χ0) is 30.9. The second kappa shape index (κ2) is 10.7. The number of rotatable bonds is 8. The minimum absolute atomic E-state index is 0.152. The van der Waals surface area contributed by atoms with Gasteiger partial charge >= 0.3 is 0 Å². The fourth-order valence-electron chi connectivity index (χ4n) is 7.18. The molecule has 2 aliphatic heterocycles. The Balaban J connectivity index is 1.47. The molecule has 1 N–H and O–H groups in total. The van der Waals surface area contributed by atoms with Crippen molar-refractivity contribution in [2.45, 2.75) is 72.1 Å². The quantitative estimate of drug-likeness (QED) is 0.155. The number of hydrogen-bond donors (Lipinski definition) is 1. The first-order valence-electron chi connectivity index (χ1n) is 15.1. The molecule has 0 radical (unpaired) electrons. The number of hydrogen-bond acceptors (Lipinski definition) is 5. The molecule has 226 valence electrons. The van der Waals surface area contributed by atoms with Crippen LogP contribution in [0.5, 0.6) is 0 Å². The van der Waals surface area contributed by atoms with Gasteiger partial charge in [-0.3, -0.25) is 4.55 Å². The third-order valence-electron chi connectivity index (χ3n) is 9.18. The molecule has 0 bridgehead atoms. The zero-order valence-electron chi connectivity index (χ0n) is 26.1. The number of thiophene rings is 2. The minimum Gasteiger partial charge on any atom is -0.343 e. The van der Waals surface area contributed by atoms with Gasteiger partial charge in [0.15, 0.2) is 5.71 Å². The number of fused-ring (bicyclic) bond motifs is 6. The van der Waals surface area contributed by atoms with Crippen LogP contribution in [0.2, 0.25) is 0 Å². The van der Waals surface area contributed by atoms with Gasteiger partial charge in [0.1, 0.15) is 6.54 Å². The third kappa shape index (κ3) is 5.00. The Hall–Kier alpha value is -2.78. The molecule has 5 nitrogen and oxygen atoms in total. The lowest BCUT2D eigenvalue weighted by atomic mass is 9.80. The van der Waals surface area contributed by atoms with Crippen molar-refractivity contribution < 1.29 is 17.5 Å². The van der Waals surface area contributed by atoms with E-state index in [1.807, 2.05) is 11.3 Å². The molecule has 6 rings (SSSR count). The first-order chi connectivity index (χ1) is 20.3. The van der Waals surface area contributed by atoms with Crippen molar-refractivity contribution in [3.05, 3.63) is 81.2 Å². The van der Waals surface area contributed by atoms with E-state index in [9.17, 15) is 13.0 Å². The van der Waals surface area contributed by atoms with Gasteiger partial charge in [0.25, 0.3) is 10.1 Å². The Kier molecular flexibility index (Phi) is 7.52. The number of allylic oxidation sites excluding steroid dienone is 4. The van der Waals surface area contributed by atoms with Crippen LogP contribution < -0.4 is 4.90 Å². The van der Waals surface area contributed by atoms with E-state index in [4.69, 9.17) is 0 Å². The predicted molar refractivity (Wildman–Crippen MR) is 185 cm³/mol. The van der Waals surface area contributed by atoms with Crippen LogP contribution in [0.3, 0.4) is 0 Å². The Bertz CT molecular complexity index is 1970. The average Bonchev–Trinajstić information content (AvgIpc) is 3.64. The first-order valence-corrected chi connectivity index (χ1v) is 18.4. The monoisotopic (exact) mass is 633 g/mol. The summed E-state index contributed by atoms with van der Waals surface area (Å²) in [5.41, 5.74) is 8.48. The van der Waals surface area contributed by atoms with E-state index >= 15 is 0 Å². The van der Waals surface area contributed by atoms with Gasteiger partial charge in [-0.15, -0.1) is 22.7 Å². The van der Waals surface area contributed by atoms with Gasteiger partial charge in [-0.25, -0.2) is 0 Å². The largest absolute Gasteiger partial charge is 0.343 e. The van der Waals surface area contributed by atoms with Gasteiger partial charge in [0, 0.05) is 55.4 Å². The number of benzene rings is 2. The maximum atomic E-state index is 11.6. The van der Waals surface area contributed by atoms with Gasteiger partial charge < -0.3 is 4.90 Å². The second-order valence-corrected chi connectivity index (χ2v) is 16.7. The summed E-state index contributed by atoms with van der Waals surface area (Å²) in [6, 6.07) is 11.3. The van der Waals surface area contributed by atoms with Crippen molar-refractivity contribution in [2.75, 3.05) is 23.7 Å². The van der Waals surface area contributed by atoms with Crippen LogP contribution in [0.1, 0.15) is 69.0 Å². The number of anilines is 1. The van der Waals surface area contributed by atoms with Crippen molar-refractivity contribution in [1.82, 2.24) is 0 Å². The standard InChI is InChI=1S/C35H40N2O3S3/c1-8-16-36-30(35(6,7)27-20-22(2)33-25(32(27)36)21-23(3)42-33)12-9-11-29-34(4,5)26-13-14-28-24(15-18-41-28)31(26)37(29)17-10-19-43(38,39)40/h9,11-15,18,20-21H,8,10,16-17,19H2,1-7H3/p+1. The van der Waals surface area contributed by atoms with Crippen molar-refractivity contribution in [3.8, 4) is 0 Å². The van der Waals surface area contributed by atoms with Crippen LogP contribution in [-0.4, -0.2) is 42.1 Å². The molecule has 4 heterocycles. The molecule has 2 aromatic carbocycles. The van der Waals surface area contributed by atoms with E-state index in [1.54, 1.807) is 11.3 Å². The highest BCUT2D eigenvalue weighted by Gasteiger charge is 2.46. The van der Waals surface area contributed by atoms with Gasteiger partial charge in [-0.2, -0.15) is 13.0 Å². The second-order valence-electron chi connectivity index (χ2n) is 13.0. The highest BCUT2D eigenvalue weighted by atomic mass is 32.2. The molecule has 0 aliphatic carbocycles. The summed E-state index contributed by atoms with van der Waals surface area (Å²) in [4.78, 5) is 3.87. The van der Waals surface area contributed by atoms with E-state index in [-0.39, 0.29) is 16.6 Å². The van der Waals surface area contributed by atoms with E-state index in [0.29, 0.717) is 13.0 Å². The Labute approximate surface area is 263 Å². The Morgan fingerprint density at radius 1 is 1.02 bits per heavy atom. The Morgan fingerprint density at radius 2 is 1.79 bits per heavy atom. The normalized spacial score (nSPS) is 18.6. The molecular formula is C35H41N2O3S3+. The van der Waals surface area contributed by atoms with E-state index < -0.39 is 10.1 Å². The molecule has 4 aromatic rings. The van der Waals surface area contributed by atoms with Gasteiger partial charge in [0.05, 0.1) is 22.2 Å². The summed E-state index contributed by atoms with van der Waals surface area (Å²) in [5.74, 6) is -0.256. The van der Waals surface area contributed by atoms with Crippen molar-refractivity contribution in [2.24, 2.45) is 0 Å². The molecule has 43 heavy (non-hydrogen) atoms. The number of aryl methyl sites for hydroxylation is 2. The lowest BCUT2D eigenvalue weighted by Crippen LogP contribution is -2.28. The maximum absolute atomic E-state index is 11.6. The molecule has 0 unspecified atom stereocenters. The lowest BCUT2D eigenvalue weighted by Gasteiger charge is -2.26. The fourth-order valence-corrected chi connectivity index (χ4v) is 9.45. The van der Waals surface area contributed by atoms with E-state index in [0.717, 1.165) is 24.4 Å². The van der Waals surface area contributed by atoms with Crippen LogP contribution in [0.25, 0.3) is 20.2 Å². The Morgan fingerprint density at radius 3 is 2.51 bits per heavy atom. The molecule has 8 heteroatoms. The molecule has 0 atom stereocenters. The van der Waals surface area contributed by atoms with Crippen LogP contribution in [0, 0.1) is 13.8 Å². The van der Waals surface area contributed by atoms with Gasteiger partial charge in [-0.1, -0.05) is 32.9 Å². The van der Waals surface area contributed by atoms with Crippen LogP contribution in [0.15, 0.2) is 59.6 Å². The van der Waals surface area contributed by atoms with Crippen LogP contribution in [0.4, 0.5) is 11.4 Å². The summed E-state index contributed by atoms with van der Waals surface area (Å²) < 4.78 is 37.5. The van der Waals surface area contributed by atoms with Crippen molar-refractivity contribution >= 4 is 70.1 Å². The fraction of sp³-hybridized carbons (Fsp3) is 0.400. The summed E-state index contributed by atoms with van der Waals surface area (Å²) in [7, 11) is -4.03. The molecule has 0 saturated carbocycles. The number of nitrogens with zero attached hydrogens (tertiary/aromatic N) is 2. The first kappa shape index (κ1) is 30.3. The summed E-state index contributed by atoms with van der Waals surface area (Å²) >= 11 is 3.60. The molecule has 0 saturated heterocycles. The third-order valence-corrected chi connectivity index (χ3v) is 12.1. The zero-order valence-corrected chi connectivity index (χ0v) is 28.6. The van der Waals surface area contributed by atoms with E-state index in [1.165, 1.54) is 53.1 Å². The summed E-state index contributed by atoms with van der Waals surface area (Å²) in [6.07, 6.45) is 8.09. The van der Waals surface area contributed by atoms with Gasteiger partial charge in [-0.05, 0) is 81.0 Å². The minimum atomic E-state index is -4.03. The SMILES string of the molecule is CCCN1/C(=C/C=C/C2=[N+](CCCS(=O)(=O)O)c3c(ccc4sccc34)C2(C)C)C(C)(C)c2cc(C)c3sc(C)cc3c21. The summed E-state index contributed by atoms with van der Waals surface area (Å²) in [5, 5.41) is 4.66. The maximum Gasteiger partial charge on any atom is 0.265 e. The van der Waals surface area contributed by atoms with E-state index in [2.05, 4.69) is 112 Å². The topological polar surface area (TPSA) is 60.6 Å². The lowest BCUT2D eigenvalue weighted by molar-refractivity contribution is -0.435. The average molecular weight is 634 g/mol. The van der Waals surface area contributed by atoms with Crippen molar-refractivity contribution in [1.29, 1.82) is 0 Å².